The number of allylic oxidation sites excluding steroid dienone is 1. The molecule has 9 nitrogen and oxygen atoms in total. The van der Waals surface area contributed by atoms with Crippen molar-refractivity contribution in [3.8, 4) is 5.75 Å². The maximum Gasteiger partial charge on any atom is 0.255 e. The number of hydrogen-bond acceptors (Lipinski definition) is 8. The van der Waals surface area contributed by atoms with Crippen molar-refractivity contribution in [1.82, 2.24) is 9.99 Å². The minimum Gasteiger partial charge on any atom is -0.497 e. The van der Waals surface area contributed by atoms with Crippen LogP contribution in [0.2, 0.25) is 0 Å². The number of hydrogen-bond donors (Lipinski definition) is 3. The van der Waals surface area contributed by atoms with E-state index in [2.05, 4.69) is 15.6 Å². The van der Waals surface area contributed by atoms with Crippen molar-refractivity contribution in [2.45, 2.75) is 26.4 Å². The summed E-state index contributed by atoms with van der Waals surface area (Å²) in [6, 6.07) is 24.8. The topological polar surface area (TPSA) is 99.2 Å². The van der Waals surface area contributed by atoms with Gasteiger partial charge in [-0.3, -0.25) is 14.8 Å². The Labute approximate surface area is 233 Å². The standard InChI is InChI=1S/C31H33N5O4/c1-21-27(19-40-36(24-8-6-5-7-9-24)35(21)20-31(2,3)38)30(37)34-23-12-10-22(11-13-23)33-28-16-17-32-29-18-25(39-4)14-15-26(28)29/h5-18,38H,19-20H2,1-4H3,(H,32,33)(H,34,37). The Morgan fingerprint density at radius 2 is 1.77 bits per heavy atom. The lowest BCUT2D eigenvalue weighted by atomic mass is 10.1. The summed E-state index contributed by atoms with van der Waals surface area (Å²) in [7, 11) is 1.63. The summed E-state index contributed by atoms with van der Waals surface area (Å²) >= 11 is 0. The van der Waals surface area contributed by atoms with Gasteiger partial charge in [-0.05, 0) is 75.4 Å². The predicted molar refractivity (Wildman–Crippen MR) is 157 cm³/mol. The molecule has 1 aliphatic heterocycles. The lowest BCUT2D eigenvalue weighted by Crippen LogP contribution is -2.52. The second kappa shape index (κ2) is 11.3. The van der Waals surface area contributed by atoms with Crippen LogP contribution in [0.3, 0.4) is 0 Å². The Kier molecular flexibility index (Phi) is 7.59. The Hall–Kier alpha value is -4.60. The second-order valence-corrected chi connectivity index (χ2v) is 10.2. The first-order valence-corrected chi connectivity index (χ1v) is 13.0. The van der Waals surface area contributed by atoms with Gasteiger partial charge in [-0.25, -0.2) is 4.84 Å². The number of aromatic nitrogens is 1. The number of ether oxygens (including phenoxy) is 1. The molecule has 5 rings (SSSR count). The lowest BCUT2D eigenvalue weighted by Gasteiger charge is -2.43. The monoisotopic (exact) mass is 539 g/mol. The van der Waals surface area contributed by atoms with Crippen molar-refractivity contribution in [1.29, 1.82) is 0 Å². The first-order valence-electron chi connectivity index (χ1n) is 13.0. The van der Waals surface area contributed by atoms with Crippen molar-refractivity contribution in [2.24, 2.45) is 0 Å². The van der Waals surface area contributed by atoms with Crippen molar-refractivity contribution >= 4 is 39.6 Å². The predicted octanol–water partition coefficient (Wildman–Crippen LogP) is 5.64. The van der Waals surface area contributed by atoms with E-state index >= 15 is 0 Å². The highest BCUT2D eigenvalue weighted by atomic mass is 16.7. The lowest BCUT2D eigenvalue weighted by molar-refractivity contribution is -0.115. The van der Waals surface area contributed by atoms with Gasteiger partial charge in [-0.15, -0.1) is 0 Å². The van der Waals surface area contributed by atoms with Crippen LogP contribution in [-0.2, 0) is 9.63 Å². The maximum absolute atomic E-state index is 13.3. The highest BCUT2D eigenvalue weighted by Gasteiger charge is 2.32. The average molecular weight is 540 g/mol. The zero-order valence-electron chi connectivity index (χ0n) is 23.0. The number of β-amino-alcohol motifs (C(OH)–C–C–N with tert-alkyl or cyclic N) is 1. The molecule has 0 radical (unpaired) electrons. The average Bonchev–Trinajstić information content (AvgIpc) is 2.94. The third-order valence-corrected chi connectivity index (χ3v) is 6.53. The van der Waals surface area contributed by atoms with Gasteiger partial charge in [0.15, 0.2) is 0 Å². The van der Waals surface area contributed by atoms with Gasteiger partial charge in [0.25, 0.3) is 5.91 Å². The minimum absolute atomic E-state index is 0.0917. The number of carbonyl (C=O) groups is 1. The molecule has 0 aliphatic carbocycles. The number of hydrazine groups is 1. The summed E-state index contributed by atoms with van der Waals surface area (Å²) in [5, 5.41) is 21.4. The zero-order valence-corrected chi connectivity index (χ0v) is 23.0. The highest BCUT2D eigenvalue weighted by Crippen LogP contribution is 2.30. The molecule has 0 bridgehead atoms. The fourth-order valence-electron chi connectivity index (χ4n) is 4.50. The molecule has 2 heterocycles. The number of amides is 1. The molecule has 3 aromatic carbocycles. The van der Waals surface area contributed by atoms with Gasteiger partial charge in [-0.2, -0.15) is 5.17 Å². The fourth-order valence-corrected chi connectivity index (χ4v) is 4.50. The largest absolute Gasteiger partial charge is 0.497 e. The molecule has 0 spiro atoms. The summed E-state index contributed by atoms with van der Waals surface area (Å²) in [5.41, 5.74) is 4.23. The molecule has 0 saturated heterocycles. The van der Waals surface area contributed by atoms with Gasteiger partial charge >= 0.3 is 0 Å². The van der Waals surface area contributed by atoms with Crippen LogP contribution in [0.1, 0.15) is 20.8 Å². The molecule has 206 valence electrons. The van der Waals surface area contributed by atoms with Crippen molar-refractivity contribution in [2.75, 3.05) is 36.1 Å². The summed E-state index contributed by atoms with van der Waals surface area (Å²) < 4.78 is 5.31. The van der Waals surface area contributed by atoms with Gasteiger partial charge in [-0.1, -0.05) is 18.2 Å². The smallest absolute Gasteiger partial charge is 0.255 e. The van der Waals surface area contributed by atoms with Crippen molar-refractivity contribution < 1.29 is 19.5 Å². The quantitative estimate of drug-likeness (QED) is 0.265. The van der Waals surface area contributed by atoms with Gasteiger partial charge in [0.05, 0.1) is 36.0 Å². The van der Waals surface area contributed by atoms with Gasteiger partial charge in [0, 0.05) is 40.4 Å². The van der Waals surface area contributed by atoms with Crippen LogP contribution >= 0.6 is 0 Å². The normalized spacial score (nSPS) is 13.9. The van der Waals surface area contributed by atoms with Gasteiger partial charge < -0.3 is 20.5 Å². The Bertz CT molecular complexity index is 1530. The van der Waals surface area contributed by atoms with Crippen LogP contribution in [0.25, 0.3) is 10.9 Å². The third kappa shape index (κ3) is 6.01. The van der Waals surface area contributed by atoms with Crippen molar-refractivity contribution in [3.63, 3.8) is 0 Å². The molecule has 1 aromatic heterocycles. The van der Waals surface area contributed by atoms with E-state index in [4.69, 9.17) is 9.57 Å². The molecule has 3 N–H and O–H groups in total. The molecule has 1 aliphatic rings. The number of rotatable bonds is 8. The van der Waals surface area contributed by atoms with Gasteiger partial charge in [0.1, 0.15) is 12.4 Å². The molecule has 0 saturated carbocycles. The highest BCUT2D eigenvalue weighted by molar-refractivity contribution is 6.04. The first kappa shape index (κ1) is 27.0. The number of nitrogens with one attached hydrogen (secondary N) is 2. The number of methoxy groups -OCH3 is 1. The number of aliphatic hydroxyl groups is 1. The van der Waals surface area contributed by atoms with E-state index in [1.165, 1.54) is 0 Å². The van der Waals surface area contributed by atoms with E-state index in [1.807, 2.05) is 85.8 Å². The van der Waals surface area contributed by atoms with Crippen LogP contribution in [0, 0.1) is 0 Å². The number of carbonyl (C=O) groups excluding carboxylic acids is 1. The number of anilines is 4. The van der Waals surface area contributed by atoms with E-state index in [0.29, 0.717) is 17.0 Å². The SMILES string of the molecule is COc1ccc2c(Nc3ccc(NC(=O)C4=C(C)N(CC(C)(C)O)N(c5ccccc5)OC4)cc3)ccnc2c1. The zero-order chi connectivity index (χ0) is 28.3. The van der Waals surface area contributed by atoms with Crippen LogP contribution in [0.5, 0.6) is 5.75 Å². The van der Waals surface area contributed by atoms with Crippen LogP contribution in [-0.4, -0.2) is 46.9 Å². The van der Waals surface area contributed by atoms with E-state index in [-0.39, 0.29) is 19.1 Å². The molecule has 4 aromatic rings. The summed E-state index contributed by atoms with van der Waals surface area (Å²) in [6.45, 7) is 5.63. The Morgan fingerprint density at radius 3 is 2.48 bits per heavy atom. The minimum atomic E-state index is -1.02. The Morgan fingerprint density at radius 1 is 1.05 bits per heavy atom. The molecular weight excluding hydrogens is 506 g/mol. The number of para-hydroxylation sites is 1. The summed E-state index contributed by atoms with van der Waals surface area (Å²) in [6.07, 6.45) is 1.75. The van der Waals surface area contributed by atoms with E-state index < -0.39 is 5.60 Å². The van der Waals surface area contributed by atoms with Gasteiger partial charge in [0.2, 0.25) is 0 Å². The molecule has 0 atom stereocenters. The number of nitrogens with zero attached hydrogens (tertiary/aromatic N) is 3. The molecular formula is C31H33N5O4. The van der Waals surface area contributed by atoms with Crippen LogP contribution < -0.4 is 20.5 Å². The van der Waals surface area contributed by atoms with Crippen LogP contribution in [0.15, 0.2) is 96.3 Å². The molecule has 0 fully saturated rings. The molecule has 1 amide bonds. The summed E-state index contributed by atoms with van der Waals surface area (Å²) in [5.74, 6) is 0.489. The first-order chi connectivity index (χ1) is 19.2. The van der Waals surface area contributed by atoms with E-state index in [1.54, 1.807) is 37.3 Å². The summed E-state index contributed by atoms with van der Waals surface area (Å²) in [4.78, 5) is 23.8. The molecule has 40 heavy (non-hydrogen) atoms. The second-order valence-electron chi connectivity index (χ2n) is 10.2. The number of fused-ring (bicyclic) bond motifs is 1. The molecule has 0 unspecified atom stereocenters. The fraction of sp³-hybridized carbons (Fsp3) is 0.226. The Balaban J connectivity index is 1.32. The van der Waals surface area contributed by atoms with E-state index in [0.717, 1.165) is 33.7 Å². The van der Waals surface area contributed by atoms with E-state index in [9.17, 15) is 9.90 Å². The third-order valence-electron chi connectivity index (χ3n) is 6.53. The molecule has 9 heteroatoms. The van der Waals surface area contributed by atoms with Crippen LogP contribution in [0.4, 0.5) is 22.7 Å². The number of pyridine rings is 1. The van der Waals surface area contributed by atoms with Crippen molar-refractivity contribution in [3.05, 3.63) is 96.3 Å². The number of benzene rings is 3. The maximum atomic E-state index is 13.3.